The monoisotopic (exact) mass is 654 g/mol. The third kappa shape index (κ3) is 4.45. The Kier molecular flexibility index (Phi) is 6.87. The van der Waals surface area contributed by atoms with Gasteiger partial charge in [0.05, 0.1) is 5.69 Å². The normalized spacial score (nSPS) is 28.9. The average molecular weight is 655 g/mol. The van der Waals surface area contributed by atoms with Gasteiger partial charge in [-0.1, -0.05) is 18.2 Å². The molecule has 4 heterocycles. The van der Waals surface area contributed by atoms with Gasteiger partial charge >= 0.3 is 19.5 Å². The van der Waals surface area contributed by atoms with E-state index in [1.54, 1.807) is 30.3 Å². The molecule has 0 radical (unpaired) electrons. The number of nitriles is 1. The number of esters is 1. The van der Waals surface area contributed by atoms with Crippen molar-refractivity contribution in [3.05, 3.63) is 76.6 Å². The molecule has 3 fully saturated rings. The van der Waals surface area contributed by atoms with Crippen molar-refractivity contribution in [3.8, 4) is 11.8 Å². The summed E-state index contributed by atoms with van der Waals surface area (Å²) in [6, 6.07) is 12.9. The van der Waals surface area contributed by atoms with Crippen molar-refractivity contribution in [2.24, 2.45) is 0 Å². The summed E-state index contributed by atoms with van der Waals surface area (Å²) in [7, 11) is -4.67. The fraction of sp³-hybridized carbons (Fsp3) is 0.393. The maximum absolute atomic E-state index is 14.5. The number of carbonyl (C=O) groups is 1. The Bertz CT molecular complexity index is 1980. The SMILES string of the molecule is Cc1oc(=O)oc1COC(=O)C1(NP(=O)(Oc2ccccc2)OC2[C@@]3(C#N)O[C@@H](c4ccc5c(N)ncnn45)[C@H](O)[C@@]23O)CCC1. The van der Waals surface area contributed by atoms with Crippen LogP contribution in [0.5, 0.6) is 5.75 Å². The number of benzene rings is 1. The topological polar surface area (TPSA) is 247 Å². The summed E-state index contributed by atoms with van der Waals surface area (Å²) in [4.78, 5) is 28.7. The van der Waals surface area contributed by atoms with E-state index < -0.39 is 61.2 Å². The van der Waals surface area contributed by atoms with Gasteiger partial charge in [-0.05, 0) is 50.5 Å². The Hall–Kier alpha value is -4.56. The fourth-order valence-electron chi connectivity index (χ4n) is 5.95. The molecule has 2 unspecified atom stereocenters. The summed E-state index contributed by atoms with van der Waals surface area (Å²) in [5.74, 6) is -1.43. The summed E-state index contributed by atoms with van der Waals surface area (Å²) in [6.07, 6.45) is -2.62. The zero-order valence-electron chi connectivity index (χ0n) is 24.1. The van der Waals surface area contributed by atoms with Crippen LogP contribution >= 0.6 is 7.75 Å². The Morgan fingerprint density at radius 2 is 2.02 bits per heavy atom. The molecule has 0 bridgehead atoms. The zero-order valence-corrected chi connectivity index (χ0v) is 25.0. The van der Waals surface area contributed by atoms with Crippen LogP contribution in [0.2, 0.25) is 0 Å². The minimum absolute atomic E-state index is 0.00221. The summed E-state index contributed by atoms with van der Waals surface area (Å²) in [6.45, 7) is 1.03. The van der Waals surface area contributed by atoms with Crippen molar-refractivity contribution in [2.45, 2.75) is 67.8 Å². The number of aliphatic hydroxyl groups excluding tert-OH is 1. The van der Waals surface area contributed by atoms with Crippen molar-refractivity contribution < 1.29 is 46.9 Å². The van der Waals surface area contributed by atoms with Crippen LogP contribution in [0.15, 0.2) is 62.4 Å². The molecule has 0 spiro atoms. The summed E-state index contributed by atoms with van der Waals surface area (Å²) in [5.41, 5.74) is 0.480. The van der Waals surface area contributed by atoms with Crippen LogP contribution in [0, 0.1) is 18.3 Å². The molecule has 2 saturated carbocycles. The number of hydrogen-bond acceptors (Lipinski definition) is 15. The van der Waals surface area contributed by atoms with E-state index in [1.807, 2.05) is 6.07 Å². The molecule has 0 amide bonds. The molecule has 17 nitrogen and oxygen atoms in total. The average Bonchev–Trinajstić information content (AvgIpc) is 3.39. The van der Waals surface area contributed by atoms with E-state index in [0.717, 1.165) is 0 Å². The Morgan fingerprint density at radius 3 is 2.65 bits per heavy atom. The first-order valence-electron chi connectivity index (χ1n) is 14.1. The van der Waals surface area contributed by atoms with Crippen molar-refractivity contribution >= 4 is 25.1 Å². The molecule has 1 saturated heterocycles. The molecule has 5 N–H and O–H groups in total. The van der Waals surface area contributed by atoms with E-state index in [0.29, 0.717) is 11.9 Å². The number of nitrogen functional groups attached to an aromatic ring is 1. The first-order chi connectivity index (χ1) is 22.0. The van der Waals surface area contributed by atoms with Crippen LogP contribution in [0.1, 0.15) is 42.6 Å². The molecule has 3 aromatic heterocycles. The van der Waals surface area contributed by atoms with E-state index in [2.05, 4.69) is 15.2 Å². The predicted molar refractivity (Wildman–Crippen MR) is 152 cm³/mol. The number of nitrogens with two attached hydrogens (primary N) is 1. The highest BCUT2D eigenvalue weighted by Gasteiger charge is 2.91. The Morgan fingerprint density at radius 1 is 1.26 bits per heavy atom. The van der Waals surface area contributed by atoms with Crippen molar-refractivity contribution in [1.82, 2.24) is 19.7 Å². The quantitative estimate of drug-likeness (QED) is 0.139. The lowest BCUT2D eigenvalue weighted by atomic mass is 9.78. The van der Waals surface area contributed by atoms with Crippen LogP contribution in [-0.4, -0.2) is 59.7 Å². The number of ether oxygens (including phenoxy) is 2. The number of carbonyl (C=O) groups excluding carboxylic acids is 1. The van der Waals surface area contributed by atoms with Crippen LogP contribution in [0.3, 0.4) is 0 Å². The van der Waals surface area contributed by atoms with E-state index in [-0.39, 0.29) is 41.6 Å². The molecule has 46 heavy (non-hydrogen) atoms. The molecule has 3 aliphatic rings. The van der Waals surface area contributed by atoms with Gasteiger partial charge in [-0.2, -0.15) is 15.4 Å². The Labute approximate surface area is 259 Å². The third-order valence-electron chi connectivity index (χ3n) is 8.63. The highest BCUT2D eigenvalue weighted by Crippen LogP contribution is 2.68. The summed E-state index contributed by atoms with van der Waals surface area (Å²) >= 11 is 0. The summed E-state index contributed by atoms with van der Waals surface area (Å²) in [5, 5.41) is 40.0. The smallest absolute Gasteiger partial charge is 0.456 e. The molecule has 18 heteroatoms. The van der Waals surface area contributed by atoms with Crippen molar-refractivity contribution in [3.63, 3.8) is 0 Å². The van der Waals surface area contributed by atoms with Gasteiger partial charge in [0.2, 0.25) is 5.60 Å². The standard InChI is InChI=1S/C28H27N6O11P/c1-15-19(42-25(37)41-15)12-40-24(36)26(10-5-11-26)33-46(39,44-16-6-3-2-4-7-16)45-23-27(13-29)28(23,38)21(35)20(43-27)17-8-9-18-22(30)31-14-32-34(17)18/h2-4,6-9,14,20-21,23,35,38H,5,10-12H2,1H3,(H,33,39)(H2,30,31,32)/t20-,21-,23?,27+,28+,46?/m0/s1. The third-order valence-corrected chi connectivity index (χ3v) is 10.3. The first kappa shape index (κ1) is 30.1. The predicted octanol–water partition coefficient (Wildman–Crippen LogP) is 1.43. The minimum Gasteiger partial charge on any atom is -0.456 e. The number of nitrogens with one attached hydrogen (secondary N) is 1. The van der Waals surface area contributed by atoms with Crippen molar-refractivity contribution in [2.75, 3.05) is 5.73 Å². The number of anilines is 1. The van der Waals surface area contributed by atoms with Gasteiger partial charge in [-0.3, -0.25) is 9.32 Å². The summed E-state index contributed by atoms with van der Waals surface area (Å²) < 4.78 is 48.5. The highest BCUT2D eigenvalue weighted by atomic mass is 31.2. The second-order valence-electron chi connectivity index (χ2n) is 11.3. The number of fused-ring (bicyclic) bond motifs is 2. The van der Waals surface area contributed by atoms with E-state index >= 15 is 0 Å². The maximum Gasteiger partial charge on any atom is 0.519 e. The first-order valence-corrected chi connectivity index (χ1v) is 15.7. The minimum atomic E-state index is -4.67. The molecule has 1 aliphatic heterocycles. The van der Waals surface area contributed by atoms with Gasteiger partial charge in [-0.25, -0.2) is 18.9 Å². The van der Waals surface area contributed by atoms with Gasteiger partial charge < -0.3 is 38.8 Å². The van der Waals surface area contributed by atoms with Crippen LogP contribution in [-0.2, 0) is 30.0 Å². The molecule has 7 rings (SSSR count). The lowest BCUT2D eigenvalue weighted by Crippen LogP contribution is -2.57. The lowest BCUT2D eigenvalue weighted by Gasteiger charge is -2.41. The molecule has 1 aromatic carbocycles. The van der Waals surface area contributed by atoms with E-state index in [1.165, 1.54) is 29.9 Å². The largest absolute Gasteiger partial charge is 0.519 e. The molecule has 4 aromatic rings. The molecular weight excluding hydrogens is 627 g/mol. The fourth-order valence-corrected chi connectivity index (χ4v) is 7.91. The van der Waals surface area contributed by atoms with Crippen molar-refractivity contribution in [1.29, 1.82) is 5.26 Å². The molecular formula is C28H27N6O11P. The molecule has 240 valence electrons. The van der Waals surface area contributed by atoms with Crippen LogP contribution < -0.4 is 21.2 Å². The van der Waals surface area contributed by atoms with Gasteiger partial charge in [0.15, 0.2) is 35.7 Å². The lowest BCUT2D eigenvalue weighted by molar-refractivity contribution is -0.157. The number of hydrogen-bond donors (Lipinski definition) is 4. The number of nitrogens with zero attached hydrogens (tertiary/aromatic N) is 4. The number of aryl methyl sites for hydroxylation is 1. The van der Waals surface area contributed by atoms with E-state index in [9.17, 15) is 29.6 Å². The number of aliphatic hydroxyl groups is 2. The molecule has 6 atom stereocenters. The van der Waals surface area contributed by atoms with E-state index in [4.69, 9.17) is 33.1 Å². The number of aromatic nitrogens is 3. The highest BCUT2D eigenvalue weighted by molar-refractivity contribution is 7.52. The number of para-hydroxylation sites is 1. The van der Waals surface area contributed by atoms with Gasteiger partial charge in [0.25, 0.3) is 0 Å². The number of rotatable bonds is 10. The zero-order chi connectivity index (χ0) is 32.5. The Balaban J connectivity index is 1.16. The van der Waals surface area contributed by atoms with Crippen LogP contribution in [0.4, 0.5) is 5.82 Å². The molecule has 2 aliphatic carbocycles. The second-order valence-corrected chi connectivity index (χ2v) is 12.9. The van der Waals surface area contributed by atoms with Gasteiger partial charge in [0.1, 0.15) is 41.4 Å². The van der Waals surface area contributed by atoms with Gasteiger partial charge in [0, 0.05) is 0 Å². The maximum atomic E-state index is 14.5. The second kappa shape index (κ2) is 10.5. The van der Waals surface area contributed by atoms with Gasteiger partial charge in [-0.15, -0.1) is 0 Å². The van der Waals surface area contributed by atoms with Crippen LogP contribution in [0.25, 0.3) is 5.52 Å².